The maximum absolute atomic E-state index is 12.7. The Balaban J connectivity index is 2.21. The van der Waals surface area contributed by atoms with Gasteiger partial charge in [-0.1, -0.05) is 17.7 Å². The number of rotatable bonds is 3. The summed E-state index contributed by atoms with van der Waals surface area (Å²) in [6.07, 6.45) is -3.43. The van der Waals surface area contributed by atoms with E-state index in [0.29, 0.717) is 5.92 Å². The van der Waals surface area contributed by atoms with Crippen molar-refractivity contribution >= 4 is 11.6 Å². The van der Waals surface area contributed by atoms with Gasteiger partial charge in [-0.15, -0.1) is 0 Å². The number of alkyl halides is 3. The summed E-state index contributed by atoms with van der Waals surface area (Å²) in [5.74, 6) is 0.683. The summed E-state index contributed by atoms with van der Waals surface area (Å²) in [5.41, 5.74) is 0.00810. The lowest BCUT2D eigenvalue weighted by molar-refractivity contribution is -0.137. The molecule has 5 heteroatoms. The van der Waals surface area contributed by atoms with Gasteiger partial charge in [0.1, 0.15) is 0 Å². The predicted molar refractivity (Wildman–Crippen MR) is 61.2 cm³/mol. The number of benzene rings is 1. The molecule has 1 aromatic rings. The van der Waals surface area contributed by atoms with E-state index in [9.17, 15) is 13.2 Å². The van der Waals surface area contributed by atoms with E-state index in [0.717, 1.165) is 18.5 Å². The monoisotopic (exact) mass is 263 g/mol. The summed E-state index contributed by atoms with van der Waals surface area (Å²) in [6.45, 7) is 0.842. The van der Waals surface area contributed by atoms with Gasteiger partial charge in [0.15, 0.2) is 0 Å². The molecule has 0 spiro atoms. The smallest absolute Gasteiger partial charge is 0.319 e. The summed E-state index contributed by atoms with van der Waals surface area (Å²) >= 11 is 5.57. The minimum absolute atomic E-state index is 0.230. The molecule has 0 heterocycles. The molecule has 1 aliphatic rings. The van der Waals surface area contributed by atoms with Crippen molar-refractivity contribution in [2.45, 2.75) is 18.5 Å². The van der Waals surface area contributed by atoms with Crippen LogP contribution in [0.5, 0.6) is 0 Å². The molecule has 0 saturated heterocycles. The molecule has 0 amide bonds. The van der Waals surface area contributed by atoms with Crippen molar-refractivity contribution in [3.63, 3.8) is 0 Å². The maximum Gasteiger partial charge on any atom is 0.417 e. The van der Waals surface area contributed by atoms with Crippen LogP contribution < -0.4 is 5.32 Å². The second-order valence-corrected chi connectivity index (χ2v) is 4.80. The van der Waals surface area contributed by atoms with Crippen LogP contribution in [0.4, 0.5) is 13.2 Å². The second-order valence-electron chi connectivity index (χ2n) is 4.40. The highest BCUT2D eigenvalue weighted by atomic mass is 35.5. The molecule has 0 radical (unpaired) electrons. The summed E-state index contributed by atoms with van der Waals surface area (Å²) in [6, 6.07) is 4.22. The van der Waals surface area contributed by atoms with Crippen LogP contribution in [0.15, 0.2) is 18.2 Å². The van der Waals surface area contributed by atoms with Crippen LogP contribution in [-0.2, 0) is 6.18 Å². The number of hydrogen-bond donors (Lipinski definition) is 1. The van der Waals surface area contributed by atoms with E-state index < -0.39 is 11.7 Å². The largest absolute Gasteiger partial charge is 0.417 e. The first kappa shape index (κ1) is 12.7. The summed E-state index contributed by atoms with van der Waals surface area (Å²) in [5, 5.41) is 2.81. The zero-order valence-electron chi connectivity index (χ0n) is 9.31. The Bertz CT molecular complexity index is 417. The average molecular weight is 264 g/mol. The van der Waals surface area contributed by atoms with Gasteiger partial charge in [-0.25, -0.2) is 0 Å². The Kier molecular flexibility index (Phi) is 3.36. The van der Waals surface area contributed by atoms with E-state index in [4.69, 9.17) is 11.6 Å². The van der Waals surface area contributed by atoms with Crippen LogP contribution >= 0.6 is 11.6 Å². The van der Waals surface area contributed by atoms with Crippen LogP contribution in [0, 0.1) is 5.92 Å². The van der Waals surface area contributed by atoms with Gasteiger partial charge in [0.05, 0.1) is 10.6 Å². The quantitative estimate of drug-likeness (QED) is 0.877. The molecular formula is C12H13ClF3N. The highest BCUT2D eigenvalue weighted by Crippen LogP contribution is 2.48. The molecule has 0 unspecified atom stereocenters. The average Bonchev–Trinajstić information content (AvgIpc) is 2.97. The van der Waals surface area contributed by atoms with Crippen molar-refractivity contribution in [3.05, 3.63) is 34.3 Å². The number of nitrogens with one attached hydrogen (secondary N) is 1. The standard InChI is InChI=1S/C12H13ClF3N/c1-17-6-8-4-9(8)7-2-3-11(13)10(5-7)12(14,15)16/h2-3,5,8-9,17H,4,6H2,1H3/t8-,9-/m1/s1. The van der Waals surface area contributed by atoms with Gasteiger partial charge >= 0.3 is 6.18 Å². The van der Waals surface area contributed by atoms with Gasteiger partial charge in [-0.2, -0.15) is 13.2 Å². The zero-order valence-corrected chi connectivity index (χ0v) is 10.1. The van der Waals surface area contributed by atoms with Crippen LogP contribution in [0.25, 0.3) is 0 Å². The maximum atomic E-state index is 12.7. The second kappa shape index (κ2) is 4.50. The lowest BCUT2D eigenvalue weighted by atomic mass is 10.1. The Morgan fingerprint density at radius 3 is 2.71 bits per heavy atom. The van der Waals surface area contributed by atoms with E-state index in [1.807, 2.05) is 7.05 Å². The fourth-order valence-electron chi connectivity index (χ4n) is 2.13. The lowest BCUT2D eigenvalue weighted by Crippen LogP contribution is -2.10. The molecule has 0 bridgehead atoms. The summed E-state index contributed by atoms with van der Waals surface area (Å²) in [4.78, 5) is 0. The number of halogens is 4. The molecule has 1 aromatic carbocycles. The molecule has 2 rings (SSSR count). The van der Waals surface area contributed by atoms with Gasteiger partial charge in [-0.05, 0) is 49.5 Å². The molecule has 1 fully saturated rings. The molecule has 1 saturated carbocycles. The van der Waals surface area contributed by atoms with Crippen molar-refractivity contribution in [3.8, 4) is 0 Å². The summed E-state index contributed by atoms with van der Waals surface area (Å²) in [7, 11) is 1.85. The van der Waals surface area contributed by atoms with E-state index in [1.54, 1.807) is 6.07 Å². The third-order valence-electron chi connectivity index (χ3n) is 3.11. The van der Waals surface area contributed by atoms with Crippen LogP contribution in [0.3, 0.4) is 0 Å². The van der Waals surface area contributed by atoms with Gasteiger partial charge in [0, 0.05) is 0 Å². The van der Waals surface area contributed by atoms with E-state index in [2.05, 4.69) is 5.32 Å². The van der Waals surface area contributed by atoms with Crippen LogP contribution in [0.1, 0.15) is 23.5 Å². The first-order valence-corrected chi connectivity index (χ1v) is 5.82. The van der Waals surface area contributed by atoms with E-state index in [-0.39, 0.29) is 10.9 Å². The molecule has 94 valence electrons. The summed E-state index contributed by atoms with van der Waals surface area (Å²) < 4.78 is 38.0. The first-order chi connectivity index (χ1) is 7.93. The topological polar surface area (TPSA) is 12.0 Å². The molecule has 0 aliphatic heterocycles. The fourth-order valence-corrected chi connectivity index (χ4v) is 2.36. The van der Waals surface area contributed by atoms with Crippen molar-refractivity contribution < 1.29 is 13.2 Å². The van der Waals surface area contributed by atoms with Crippen molar-refractivity contribution in [1.82, 2.24) is 5.32 Å². The molecule has 0 aromatic heterocycles. The van der Waals surface area contributed by atoms with Crippen molar-refractivity contribution in [2.75, 3.05) is 13.6 Å². The highest BCUT2D eigenvalue weighted by molar-refractivity contribution is 6.31. The van der Waals surface area contributed by atoms with Crippen molar-refractivity contribution in [1.29, 1.82) is 0 Å². The Morgan fingerprint density at radius 2 is 2.12 bits per heavy atom. The Morgan fingerprint density at radius 1 is 1.41 bits per heavy atom. The fraction of sp³-hybridized carbons (Fsp3) is 0.500. The molecule has 1 aliphatic carbocycles. The predicted octanol–water partition coefficient (Wildman–Crippen LogP) is 3.68. The normalized spacial score (nSPS) is 23.8. The molecule has 1 N–H and O–H groups in total. The highest BCUT2D eigenvalue weighted by Gasteiger charge is 2.40. The lowest BCUT2D eigenvalue weighted by Gasteiger charge is -2.10. The Labute approximate surface area is 103 Å². The van der Waals surface area contributed by atoms with Crippen LogP contribution in [-0.4, -0.2) is 13.6 Å². The zero-order chi connectivity index (χ0) is 12.6. The van der Waals surface area contributed by atoms with Crippen LogP contribution in [0.2, 0.25) is 5.02 Å². The van der Waals surface area contributed by atoms with E-state index >= 15 is 0 Å². The van der Waals surface area contributed by atoms with E-state index in [1.165, 1.54) is 12.1 Å². The van der Waals surface area contributed by atoms with Gasteiger partial charge in [0.25, 0.3) is 0 Å². The third-order valence-corrected chi connectivity index (χ3v) is 3.44. The van der Waals surface area contributed by atoms with Gasteiger partial charge in [-0.3, -0.25) is 0 Å². The molecular weight excluding hydrogens is 251 g/mol. The Hall–Kier alpha value is -0.740. The molecule has 1 nitrogen and oxygen atoms in total. The minimum Gasteiger partial charge on any atom is -0.319 e. The third kappa shape index (κ3) is 2.75. The molecule has 2 atom stereocenters. The number of hydrogen-bond acceptors (Lipinski definition) is 1. The van der Waals surface area contributed by atoms with Gasteiger partial charge in [0.2, 0.25) is 0 Å². The minimum atomic E-state index is -4.37. The SMILES string of the molecule is CNC[C@H]1C[C@@H]1c1ccc(Cl)c(C(F)(F)F)c1. The first-order valence-electron chi connectivity index (χ1n) is 5.44. The molecule has 17 heavy (non-hydrogen) atoms. The van der Waals surface area contributed by atoms with Crippen molar-refractivity contribution in [2.24, 2.45) is 5.92 Å². The van der Waals surface area contributed by atoms with Gasteiger partial charge < -0.3 is 5.32 Å².